The van der Waals surface area contributed by atoms with Crippen LogP contribution in [-0.2, 0) is 6.42 Å². The Morgan fingerprint density at radius 1 is 1.26 bits per heavy atom. The van der Waals surface area contributed by atoms with Crippen LogP contribution >= 0.6 is 22.9 Å². The minimum atomic E-state index is -0.150. The smallest absolute Gasteiger partial charge is 0.254 e. The van der Waals surface area contributed by atoms with E-state index in [9.17, 15) is 4.79 Å². The van der Waals surface area contributed by atoms with Crippen molar-refractivity contribution in [1.29, 1.82) is 0 Å². The highest BCUT2D eigenvalue weighted by atomic mass is 35.5. The van der Waals surface area contributed by atoms with E-state index in [0.717, 1.165) is 29.6 Å². The minimum absolute atomic E-state index is 0.150. The normalized spacial score (nSPS) is 13.9. The molecule has 0 saturated carbocycles. The Morgan fingerprint density at radius 3 is 2.89 bits per heavy atom. The van der Waals surface area contributed by atoms with Gasteiger partial charge in [-0.05, 0) is 25.0 Å². The maximum atomic E-state index is 12.4. The van der Waals surface area contributed by atoms with Gasteiger partial charge in [0.2, 0.25) is 0 Å². The van der Waals surface area contributed by atoms with Crippen molar-refractivity contribution >= 4 is 34.0 Å². The van der Waals surface area contributed by atoms with Gasteiger partial charge in [0.25, 0.3) is 5.91 Å². The first kappa shape index (κ1) is 18.0. The maximum absolute atomic E-state index is 12.4. The molecule has 0 spiro atoms. The van der Waals surface area contributed by atoms with Crippen molar-refractivity contribution in [3.05, 3.63) is 58.3 Å². The Bertz CT molecular complexity index is 932. The molecule has 0 aliphatic carbocycles. The molecule has 1 saturated heterocycles. The molecule has 3 aromatic rings. The molecule has 3 heterocycles. The highest BCUT2D eigenvalue weighted by Crippen LogP contribution is 2.24. The van der Waals surface area contributed by atoms with E-state index in [0.29, 0.717) is 23.6 Å². The van der Waals surface area contributed by atoms with Gasteiger partial charge in [-0.15, -0.1) is 11.3 Å². The van der Waals surface area contributed by atoms with Crippen LogP contribution in [0.3, 0.4) is 0 Å². The number of benzene rings is 1. The van der Waals surface area contributed by atoms with Crippen LogP contribution < -0.4 is 10.2 Å². The first-order valence-corrected chi connectivity index (χ1v) is 10.2. The molecule has 1 aliphatic heterocycles. The van der Waals surface area contributed by atoms with Gasteiger partial charge in [-0.25, -0.2) is 9.67 Å². The average molecular weight is 402 g/mol. The van der Waals surface area contributed by atoms with Crippen LogP contribution in [0.15, 0.2) is 42.0 Å². The van der Waals surface area contributed by atoms with Gasteiger partial charge in [0.1, 0.15) is 0 Å². The molecular formula is C19H20ClN5OS. The van der Waals surface area contributed by atoms with Crippen LogP contribution in [0, 0.1) is 0 Å². The van der Waals surface area contributed by atoms with Crippen molar-refractivity contribution in [3.63, 3.8) is 0 Å². The molecule has 140 valence electrons. The van der Waals surface area contributed by atoms with Gasteiger partial charge in [0, 0.05) is 37.6 Å². The van der Waals surface area contributed by atoms with Gasteiger partial charge in [-0.2, -0.15) is 5.10 Å². The monoisotopic (exact) mass is 401 g/mol. The number of anilines is 1. The zero-order chi connectivity index (χ0) is 18.6. The molecule has 0 bridgehead atoms. The number of nitrogens with one attached hydrogen (secondary N) is 1. The number of amides is 1. The lowest BCUT2D eigenvalue weighted by molar-refractivity contribution is 0.0954. The van der Waals surface area contributed by atoms with E-state index in [4.69, 9.17) is 11.6 Å². The first-order chi connectivity index (χ1) is 13.2. The molecule has 0 atom stereocenters. The molecule has 6 nitrogen and oxygen atoms in total. The lowest BCUT2D eigenvalue weighted by Crippen LogP contribution is -2.25. The summed E-state index contributed by atoms with van der Waals surface area (Å²) in [7, 11) is 0. The van der Waals surface area contributed by atoms with Gasteiger partial charge < -0.3 is 10.2 Å². The number of aromatic nitrogens is 3. The number of rotatable bonds is 6. The van der Waals surface area contributed by atoms with Crippen molar-refractivity contribution in [3.8, 4) is 5.69 Å². The molecule has 1 aromatic carbocycles. The lowest BCUT2D eigenvalue weighted by Gasteiger charge is -2.12. The SMILES string of the molecule is O=C(NCCc1csc(N2CCCC2)n1)c1cnn(-c2ccccc2Cl)c1. The topological polar surface area (TPSA) is 63.1 Å². The van der Waals surface area contributed by atoms with Crippen LogP contribution in [0.2, 0.25) is 5.02 Å². The highest BCUT2D eigenvalue weighted by molar-refractivity contribution is 7.13. The summed E-state index contributed by atoms with van der Waals surface area (Å²) in [5.41, 5.74) is 2.27. The summed E-state index contributed by atoms with van der Waals surface area (Å²) in [6.45, 7) is 2.73. The Kier molecular flexibility index (Phi) is 5.40. The van der Waals surface area contributed by atoms with E-state index < -0.39 is 0 Å². The number of carbonyl (C=O) groups is 1. The summed E-state index contributed by atoms with van der Waals surface area (Å²) < 4.78 is 1.61. The minimum Gasteiger partial charge on any atom is -0.352 e. The molecule has 1 N–H and O–H groups in total. The number of carbonyl (C=O) groups excluding carboxylic acids is 1. The van der Waals surface area contributed by atoms with Crippen LogP contribution in [0.5, 0.6) is 0 Å². The third kappa shape index (κ3) is 4.14. The van der Waals surface area contributed by atoms with E-state index >= 15 is 0 Å². The summed E-state index contributed by atoms with van der Waals surface area (Å²) >= 11 is 7.86. The van der Waals surface area contributed by atoms with Gasteiger partial charge in [0.05, 0.1) is 28.2 Å². The summed E-state index contributed by atoms with van der Waals surface area (Å²) in [5, 5.41) is 10.9. The summed E-state index contributed by atoms with van der Waals surface area (Å²) in [4.78, 5) is 19.4. The lowest BCUT2D eigenvalue weighted by atomic mass is 10.3. The van der Waals surface area contributed by atoms with Crippen molar-refractivity contribution in [1.82, 2.24) is 20.1 Å². The number of nitrogens with zero attached hydrogens (tertiary/aromatic N) is 4. The van der Waals surface area contributed by atoms with Crippen LogP contribution in [0.25, 0.3) is 5.69 Å². The van der Waals surface area contributed by atoms with E-state index in [2.05, 4.69) is 25.7 Å². The van der Waals surface area contributed by atoms with Crippen molar-refractivity contribution in [2.45, 2.75) is 19.3 Å². The molecular weight excluding hydrogens is 382 g/mol. The Balaban J connectivity index is 1.32. The second-order valence-corrected chi connectivity index (χ2v) is 7.69. The Hall–Kier alpha value is -2.38. The van der Waals surface area contributed by atoms with Gasteiger partial charge >= 0.3 is 0 Å². The van der Waals surface area contributed by atoms with Gasteiger partial charge in [-0.1, -0.05) is 23.7 Å². The second kappa shape index (κ2) is 8.10. The fourth-order valence-corrected chi connectivity index (χ4v) is 4.22. The van der Waals surface area contributed by atoms with Gasteiger partial charge in [-0.3, -0.25) is 4.79 Å². The molecule has 27 heavy (non-hydrogen) atoms. The fraction of sp³-hybridized carbons (Fsp3) is 0.316. The second-order valence-electron chi connectivity index (χ2n) is 6.45. The molecule has 8 heteroatoms. The number of halogens is 1. The predicted octanol–water partition coefficient (Wildman–Crippen LogP) is 3.55. The molecule has 1 aliphatic rings. The average Bonchev–Trinajstić information content (AvgIpc) is 3.43. The van der Waals surface area contributed by atoms with Crippen LogP contribution in [-0.4, -0.2) is 40.3 Å². The zero-order valence-electron chi connectivity index (χ0n) is 14.8. The first-order valence-electron chi connectivity index (χ1n) is 8.98. The standard InChI is InChI=1S/C19H20ClN5OS/c20-16-5-1-2-6-17(16)25-12-14(11-22-25)18(26)21-8-7-15-13-27-19(23-15)24-9-3-4-10-24/h1-2,5-6,11-13H,3-4,7-10H2,(H,21,26). The van der Waals surface area contributed by atoms with E-state index in [1.165, 1.54) is 12.8 Å². The third-order valence-electron chi connectivity index (χ3n) is 4.53. The maximum Gasteiger partial charge on any atom is 0.254 e. The highest BCUT2D eigenvalue weighted by Gasteiger charge is 2.16. The predicted molar refractivity (Wildman–Crippen MR) is 108 cm³/mol. The molecule has 2 aromatic heterocycles. The van der Waals surface area contributed by atoms with E-state index in [-0.39, 0.29) is 5.91 Å². The molecule has 4 rings (SSSR count). The largest absolute Gasteiger partial charge is 0.352 e. The quantitative estimate of drug-likeness (QED) is 0.686. The zero-order valence-corrected chi connectivity index (χ0v) is 16.3. The van der Waals surface area contributed by atoms with Crippen molar-refractivity contribution < 1.29 is 4.79 Å². The fourth-order valence-electron chi connectivity index (χ4n) is 3.08. The van der Waals surface area contributed by atoms with Gasteiger partial charge in [0.15, 0.2) is 5.13 Å². The van der Waals surface area contributed by atoms with E-state index in [1.54, 1.807) is 34.5 Å². The number of hydrogen-bond donors (Lipinski definition) is 1. The molecule has 1 amide bonds. The molecule has 1 fully saturated rings. The Labute approximate surface area is 166 Å². The van der Waals surface area contributed by atoms with Crippen molar-refractivity contribution in [2.24, 2.45) is 0 Å². The Morgan fingerprint density at radius 2 is 2.07 bits per heavy atom. The summed E-state index contributed by atoms with van der Waals surface area (Å²) in [6.07, 6.45) is 6.44. The third-order valence-corrected chi connectivity index (χ3v) is 5.80. The van der Waals surface area contributed by atoms with E-state index in [1.807, 2.05) is 18.2 Å². The van der Waals surface area contributed by atoms with Crippen LogP contribution in [0.1, 0.15) is 28.9 Å². The van der Waals surface area contributed by atoms with Crippen LogP contribution in [0.4, 0.5) is 5.13 Å². The molecule has 0 unspecified atom stereocenters. The summed E-state index contributed by atoms with van der Waals surface area (Å²) in [5.74, 6) is -0.150. The van der Waals surface area contributed by atoms with Crippen molar-refractivity contribution in [2.75, 3.05) is 24.5 Å². The number of hydrogen-bond acceptors (Lipinski definition) is 5. The number of para-hydroxylation sites is 1. The number of thiazole rings is 1. The molecule has 0 radical (unpaired) electrons. The summed E-state index contributed by atoms with van der Waals surface area (Å²) in [6, 6.07) is 7.39.